The Bertz CT molecular complexity index is 2450. The molecule has 7 aromatic carbocycles. The van der Waals surface area contributed by atoms with Crippen molar-refractivity contribution in [3.63, 3.8) is 0 Å². The van der Waals surface area contributed by atoms with Gasteiger partial charge in [0.2, 0.25) is 0 Å². The van der Waals surface area contributed by atoms with Crippen LogP contribution in [0.15, 0.2) is 156 Å². The number of nitrogens with zero attached hydrogens (tertiary/aromatic N) is 1. The number of anilines is 3. The van der Waals surface area contributed by atoms with Crippen molar-refractivity contribution in [3.8, 4) is 11.1 Å². The number of fused-ring (bicyclic) bond motifs is 8. The van der Waals surface area contributed by atoms with Gasteiger partial charge in [0.1, 0.15) is 11.2 Å². The van der Waals surface area contributed by atoms with Crippen LogP contribution in [0.5, 0.6) is 0 Å². The van der Waals surface area contributed by atoms with Crippen molar-refractivity contribution in [3.05, 3.63) is 152 Å². The molecule has 9 aromatic rings. The first-order valence-electron chi connectivity index (χ1n) is 14.5. The van der Waals surface area contributed by atoms with Crippen LogP contribution >= 0.6 is 11.3 Å². The number of hydrogen-bond acceptors (Lipinski definition) is 3. The number of benzene rings is 7. The van der Waals surface area contributed by atoms with E-state index in [0.29, 0.717) is 0 Å². The first-order valence-corrected chi connectivity index (χ1v) is 15.3. The molecule has 0 aliphatic carbocycles. The summed E-state index contributed by atoms with van der Waals surface area (Å²) in [7, 11) is 0. The van der Waals surface area contributed by atoms with Crippen LogP contribution in [0.3, 0.4) is 0 Å². The second kappa shape index (κ2) is 9.59. The van der Waals surface area contributed by atoms with Gasteiger partial charge in [0, 0.05) is 48.6 Å². The second-order valence-corrected chi connectivity index (χ2v) is 12.0. The highest BCUT2D eigenvalue weighted by atomic mass is 32.1. The molecule has 0 atom stereocenters. The van der Waals surface area contributed by atoms with Crippen LogP contribution in [0, 0.1) is 0 Å². The lowest BCUT2D eigenvalue weighted by Gasteiger charge is -2.26. The van der Waals surface area contributed by atoms with E-state index < -0.39 is 0 Å². The third kappa shape index (κ3) is 3.79. The van der Waals surface area contributed by atoms with E-state index in [1.54, 1.807) is 0 Å². The third-order valence-electron chi connectivity index (χ3n) is 8.46. The molecular formula is C40H25NOS. The lowest BCUT2D eigenvalue weighted by Crippen LogP contribution is -2.09. The minimum absolute atomic E-state index is 0.927. The summed E-state index contributed by atoms with van der Waals surface area (Å²) >= 11 is 1.86. The number of hydrogen-bond donors (Lipinski definition) is 0. The highest BCUT2D eigenvalue weighted by Crippen LogP contribution is 2.45. The Morgan fingerprint density at radius 2 is 1.12 bits per heavy atom. The maximum Gasteiger partial charge on any atom is 0.143 e. The van der Waals surface area contributed by atoms with Gasteiger partial charge >= 0.3 is 0 Å². The molecule has 202 valence electrons. The summed E-state index contributed by atoms with van der Waals surface area (Å²) in [4.78, 5) is 2.37. The molecule has 0 aliphatic heterocycles. The summed E-state index contributed by atoms with van der Waals surface area (Å²) < 4.78 is 9.23. The quantitative estimate of drug-likeness (QED) is 0.210. The van der Waals surface area contributed by atoms with Crippen LogP contribution in [0.4, 0.5) is 17.1 Å². The van der Waals surface area contributed by atoms with Crippen molar-refractivity contribution in [1.29, 1.82) is 0 Å². The summed E-state index contributed by atoms with van der Waals surface area (Å²) in [5, 5.41) is 7.23. The fraction of sp³-hybridized carbons (Fsp3) is 0. The van der Waals surface area contributed by atoms with Crippen molar-refractivity contribution in [2.75, 3.05) is 4.90 Å². The zero-order valence-electron chi connectivity index (χ0n) is 23.2. The number of para-hydroxylation sites is 2. The lowest BCUT2D eigenvalue weighted by atomic mass is 10.0. The van der Waals surface area contributed by atoms with Gasteiger partial charge in [-0.2, -0.15) is 0 Å². The molecule has 0 aliphatic rings. The molecule has 3 heteroatoms. The van der Waals surface area contributed by atoms with E-state index in [1.165, 1.54) is 31.2 Å². The summed E-state index contributed by atoms with van der Waals surface area (Å²) in [6.45, 7) is 0. The SMILES string of the molecule is c1ccc(N(c2ccc(-c3cccc4c3oc3c5ccccc5ccc43)cc2)c2cccc3c2sc2ccccc23)cc1. The van der Waals surface area contributed by atoms with E-state index >= 15 is 0 Å². The van der Waals surface area contributed by atoms with E-state index in [-0.39, 0.29) is 0 Å². The topological polar surface area (TPSA) is 16.4 Å². The Morgan fingerprint density at radius 1 is 0.442 bits per heavy atom. The summed E-state index contributed by atoms with van der Waals surface area (Å²) in [5.41, 5.74) is 7.53. The fourth-order valence-corrected chi connectivity index (χ4v) is 7.66. The monoisotopic (exact) mass is 567 g/mol. The molecule has 43 heavy (non-hydrogen) atoms. The van der Waals surface area contributed by atoms with Crippen LogP contribution in [-0.4, -0.2) is 0 Å². The minimum atomic E-state index is 0.927. The standard InChI is InChI=1S/C40H25NOS/c1-2-11-28(12-3-1)41(36-18-9-17-35-32-14-6-7-19-37(32)43-40(35)36)29-23-20-27(21-24-29)31-15-8-16-33-34-25-22-26-10-4-5-13-30(26)39(34)42-38(31)33/h1-25H. The average Bonchev–Trinajstić information content (AvgIpc) is 3.65. The Morgan fingerprint density at radius 3 is 2.00 bits per heavy atom. The van der Waals surface area contributed by atoms with E-state index in [0.717, 1.165) is 49.8 Å². The van der Waals surface area contributed by atoms with Crippen molar-refractivity contribution in [2.24, 2.45) is 0 Å². The van der Waals surface area contributed by atoms with Gasteiger partial charge in [-0.05, 0) is 53.4 Å². The lowest BCUT2D eigenvalue weighted by molar-refractivity contribution is 0.674. The molecule has 0 bridgehead atoms. The molecule has 2 heterocycles. The zero-order chi connectivity index (χ0) is 28.3. The predicted octanol–water partition coefficient (Wildman–Crippen LogP) is 12.2. The maximum absolute atomic E-state index is 6.64. The van der Waals surface area contributed by atoms with Crippen LogP contribution in [0.1, 0.15) is 0 Å². The van der Waals surface area contributed by atoms with E-state index in [1.807, 2.05) is 11.3 Å². The van der Waals surface area contributed by atoms with Crippen LogP contribution in [0.25, 0.3) is 64.0 Å². The minimum Gasteiger partial charge on any atom is -0.455 e. The van der Waals surface area contributed by atoms with Crippen molar-refractivity contribution < 1.29 is 4.42 Å². The molecule has 0 amide bonds. The fourth-order valence-electron chi connectivity index (χ4n) is 6.46. The predicted molar refractivity (Wildman–Crippen MR) is 184 cm³/mol. The van der Waals surface area contributed by atoms with Crippen molar-refractivity contribution in [1.82, 2.24) is 0 Å². The molecule has 2 aromatic heterocycles. The summed E-state index contributed by atoms with van der Waals surface area (Å²) in [6.07, 6.45) is 0. The molecule has 0 N–H and O–H groups in total. The Hall–Kier alpha value is -5.38. The zero-order valence-corrected chi connectivity index (χ0v) is 24.0. The van der Waals surface area contributed by atoms with Gasteiger partial charge in [0.15, 0.2) is 0 Å². The largest absolute Gasteiger partial charge is 0.455 e. The second-order valence-electron chi connectivity index (χ2n) is 10.9. The highest BCUT2D eigenvalue weighted by molar-refractivity contribution is 7.26. The van der Waals surface area contributed by atoms with Gasteiger partial charge in [-0.1, -0.05) is 109 Å². The Balaban J connectivity index is 1.20. The van der Waals surface area contributed by atoms with Crippen molar-refractivity contribution in [2.45, 2.75) is 0 Å². The summed E-state index contributed by atoms with van der Waals surface area (Å²) in [5.74, 6) is 0. The Labute approximate surface area is 252 Å². The first-order chi connectivity index (χ1) is 21.3. The first kappa shape index (κ1) is 24.2. The average molecular weight is 568 g/mol. The normalized spacial score (nSPS) is 11.7. The van der Waals surface area contributed by atoms with Crippen LogP contribution < -0.4 is 4.90 Å². The third-order valence-corrected chi connectivity index (χ3v) is 9.67. The Kier molecular flexibility index (Phi) is 5.40. The molecule has 2 nitrogen and oxygen atoms in total. The smallest absolute Gasteiger partial charge is 0.143 e. The van der Waals surface area contributed by atoms with E-state index in [9.17, 15) is 0 Å². The number of furan rings is 1. The number of rotatable bonds is 4. The summed E-state index contributed by atoms with van der Waals surface area (Å²) in [6, 6.07) is 54.1. The van der Waals surface area contributed by atoms with Gasteiger partial charge in [0.05, 0.1) is 10.4 Å². The molecule has 0 spiro atoms. The van der Waals surface area contributed by atoms with Gasteiger partial charge in [0.25, 0.3) is 0 Å². The maximum atomic E-state index is 6.64. The number of thiophene rings is 1. The van der Waals surface area contributed by atoms with Gasteiger partial charge in [-0.3, -0.25) is 0 Å². The molecule has 0 unspecified atom stereocenters. The highest BCUT2D eigenvalue weighted by Gasteiger charge is 2.19. The molecule has 0 fully saturated rings. The molecular weight excluding hydrogens is 543 g/mol. The van der Waals surface area contributed by atoms with Crippen LogP contribution in [-0.2, 0) is 0 Å². The van der Waals surface area contributed by atoms with Crippen LogP contribution in [0.2, 0.25) is 0 Å². The van der Waals surface area contributed by atoms with Gasteiger partial charge in [-0.15, -0.1) is 11.3 Å². The van der Waals surface area contributed by atoms with E-state index in [2.05, 4.69) is 157 Å². The van der Waals surface area contributed by atoms with E-state index in [4.69, 9.17) is 4.42 Å². The van der Waals surface area contributed by atoms with Gasteiger partial charge < -0.3 is 9.32 Å². The van der Waals surface area contributed by atoms with Gasteiger partial charge in [-0.25, -0.2) is 0 Å². The molecule has 0 radical (unpaired) electrons. The van der Waals surface area contributed by atoms with Crippen molar-refractivity contribution >= 4 is 81.3 Å². The molecule has 0 saturated heterocycles. The molecule has 0 saturated carbocycles. The molecule has 9 rings (SSSR count).